The van der Waals surface area contributed by atoms with Crippen LogP contribution in [0.25, 0.3) is 32.6 Å². The number of fused-ring (bicyclic) bond motifs is 2. The lowest BCUT2D eigenvalue weighted by molar-refractivity contribution is 0.102. The van der Waals surface area contributed by atoms with Gasteiger partial charge in [-0.2, -0.15) is 0 Å². The molecule has 1 N–H and O–H groups in total. The van der Waals surface area contributed by atoms with Crippen LogP contribution in [0.2, 0.25) is 0 Å². The van der Waals surface area contributed by atoms with E-state index in [1.165, 1.54) is 22.7 Å². The van der Waals surface area contributed by atoms with E-state index in [2.05, 4.69) is 15.3 Å². The average molecular weight is 377 g/mol. The minimum Gasteiger partial charge on any atom is -0.454 e. The number of nitrogens with one attached hydrogen (secondary N) is 1. The van der Waals surface area contributed by atoms with Crippen LogP contribution >= 0.6 is 22.7 Å². The Labute approximate surface area is 155 Å². The molecule has 0 saturated carbocycles. The Balaban J connectivity index is 1.40. The third-order valence-corrected chi connectivity index (χ3v) is 5.68. The van der Waals surface area contributed by atoms with Crippen molar-refractivity contribution in [3.63, 3.8) is 0 Å². The van der Waals surface area contributed by atoms with Crippen molar-refractivity contribution < 1.29 is 9.21 Å². The Morgan fingerprint density at radius 2 is 1.88 bits per heavy atom. The highest BCUT2D eigenvalue weighted by molar-refractivity contribution is 7.20. The molecule has 1 amide bonds. The Kier molecular flexibility index (Phi) is 3.55. The molecule has 0 radical (unpaired) electrons. The largest absolute Gasteiger partial charge is 0.454 e. The summed E-state index contributed by atoms with van der Waals surface area (Å²) in [5.41, 5.74) is 2.34. The van der Waals surface area contributed by atoms with Gasteiger partial charge in [-0.25, -0.2) is 9.97 Å². The van der Waals surface area contributed by atoms with E-state index < -0.39 is 0 Å². The number of nitrogens with zero attached hydrogens (tertiary/aromatic N) is 2. The summed E-state index contributed by atoms with van der Waals surface area (Å²) >= 11 is 2.72. The van der Waals surface area contributed by atoms with Gasteiger partial charge >= 0.3 is 0 Å². The summed E-state index contributed by atoms with van der Waals surface area (Å²) in [6.07, 6.45) is 0. The summed E-state index contributed by atoms with van der Waals surface area (Å²) in [6.45, 7) is 0. The molecule has 2 aromatic carbocycles. The van der Waals surface area contributed by atoms with Crippen molar-refractivity contribution in [1.29, 1.82) is 0 Å². The first-order valence-corrected chi connectivity index (χ1v) is 9.57. The lowest BCUT2D eigenvalue weighted by Gasteiger charge is -1.96. The molecule has 7 heteroatoms. The van der Waals surface area contributed by atoms with Crippen molar-refractivity contribution in [2.45, 2.75) is 0 Å². The number of carbonyl (C=O) groups is 1. The molecule has 0 bridgehead atoms. The van der Waals surface area contributed by atoms with Crippen molar-refractivity contribution in [3.8, 4) is 11.5 Å². The predicted octanol–water partition coefficient (Wildman–Crippen LogP) is 5.42. The zero-order chi connectivity index (χ0) is 17.5. The number of aromatic nitrogens is 2. The van der Waals surface area contributed by atoms with Crippen molar-refractivity contribution in [2.24, 2.45) is 0 Å². The van der Waals surface area contributed by atoms with Crippen LogP contribution in [0.4, 0.5) is 5.13 Å². The third-order valence-electron chi connectivity index (χ3n) is 3.89. The van der Waals surface area contributed by atoms with Gasteiger partial charge in [-0.3, -0.25) is 10.1 Å². The second-order valence-corrected chi connectivity index (χ2v) is 7.52. The minimum atomic E-state index is -0.253. The quantitative estimate of drug-likeness (QED) is 0.456. The molecule has 5 nitrogen and oxygen atoms in total. The summed E-state index contributed by atoms with van der Waals surface area (Å²) < 4.78 is 6.80. The zero-order valence-corrected chi connectivity index (χ0v) is 14.9. The van der Waals surface area contributed by atoms with E-state index >= 15 is 0 Å². The molecular weight excluding hydrogens is 366 g/mol. The fourth-order valence-electron chi connectivity index (χ4n) is 2.67. The summed E-state index contributed by atoms with van der Waals surface area (Å²) in [6, 6.07) is 17.4. The van der Waals surface area contributed by atoms with E-state index in [0.29, 0.717) is 21.6 Å². The molecule has 0 aliphatic carbocycles. The second-order valence-electron chi connectivity index (χ2n) is 5.63. The topological polar surface area (TPSA) is 68.0 Å². The lowest BCUT2D eigenvalue weighted by Crippen LogP contribution is -2.11. The van der Waals surface area contributed by atoms with E-state index in [1.54, 1.807) is 0 Å². The van der Waals surface area contributed by atoms with E-state index in [-0.39, 0.29) is 5.91 Å². The lowest BCUT2D eigenvalue weighted by atomic mass is 10.2. The maximum atomic E-state index is 12.5. The third kappa shape index (κ3) is 2.67. The minimum absolute atomic E-state index is 0.253. The molecule has 0 fully saturated rings. The monoisotopic (exact) mass is 377 g/mol. The summed E-state index contributed by atoms with van der Waals surface area (Å²) in [7, 11) is 0. The molecule has 5 aromatic rings. The molecule has 0 aliphatic heterocycles. The molecule has 26 heavy (non-hydrogen) atoms. The Morgan fingerprint density at radius 3 is 2.77 bits per heavy atom. The van der Waals surface area contributed by atoms with Gasteiger partial charge in [-0.1, -0.05) is 30.3 Å². The van der Waals surface area contributed by atoms with Crippen LogP contribution in [0.5, 0.6) is 0 Å². The van der Waals surface area contributed by atoms with Gasteiger partial charge in [0.15, 0.2) is 15.9 Å². The highest BCUT2D eigenvalue weighted by Gasteiger charge is 2.15. The van der Waals surface area contributed by atoms with Gasteiger partial charge in [-0.05, 0) is 24.3 Å². The van der Waals surface area contributed by atoms with Gasteiger partial charge in [0.05, 0.1) is 10.2 Å². The van der Waals surface area contributed by atoms with Gasteiger partial charge in [-0.15, -0.1) is 22.7 Å². The number of hydrogen-bond donors (Lipinski definition) is 1. The van der Waals surface area contributed by atoms with Crippen molar-refractivity contribution in [3.05, 3.63) is 65.0 Å². The number of rotatable bonds is 3. The molecule has 3 heterocycles. The number of benzene rings is 2. The van der Waals surface area contributed by atoms with Crippen molar-refractivity contribution >= 4 is 54.9 Å². The van der Waals surface area contributed by atoms with Gasteiger partial charge < -0.3 is 4.42 Å². The van der Waals surface area contributed by atoms with Gasteiger partial charge in [0.1, 0.15) is 11.3 Å². The number of amides is 1. The molecule has 0 saturated heterocycles. The molecule has 5 rings (SSSR count). The Morgan fingerprint density at radius 1 is 1.04 bits per heavy atom. The zero-order valence-electron chi connectivity index (χ0n) is 13.3. The normalized spacial score (nSPS) is 11.2. The predicted molar refractivity (Wildman–Crippen MR) is 105 cm³/mol. The van der Waals surface area contributed by atoms with Gasteiger partial charge in [0, 0.05) is 10.8 Å². The first-order valence-electron chi connectivity index (χ1n) is 7.88. The van der Waals surface area contributed by atoms with Crippen LogP contribution in [0.3, 0.4) is 0 Å². The first-order chi connectivity index (χ1) is 12.8. The molecular formula is C19H11N3O2S2. The molecule has 126 valence electrons. The van der Waals surface area contributed by atoms with Crippen molar-refractivity contribution in [2.75, 3.05) is 5.32 Å². The van der Waals surface area contributed by atoms with Crippen LogP contribution in [0.15, 0.2) is 64.4 Å². The summed E-state index contributed by atoms with van der Waals surface area (Å²) in [5.74, 6) is 0.430. The first kappa shape index (κ1) is 15.2. The maximum Gasteiger partial charge on any atom is 0.286 e. The Bertz CT molecular complexity index is 1190. The van der Waals surface area contributed by atoms with Gasteiger partial charge in [0.2, 0.25) is 0 Å². The standard InChI is InChI=1S/C19H11N3O2S2/c23-17(18-20-12-6-2-4-8-16(12)26-18)22-19-21-13(10-25-19)15-9-11-5-1-3-7-14(11)24-15/h1-10H,(H,21,22,23). The maximum absolute atomic E-state index is 12.5. The fourth-order valence-corrected chi connectivity index (χ4v) is 4.23. The average Bonchev–Trinajstić information content (AvgIpc) is 3.38. The number of thiazole rings is 2. The highest BCUT2D eigenvalue weighted by atomic mass is 32.1. The molecule has 0 spiro atoms. The second kappa shape index (κ2) is 6.05. The molecule has 0 atom stereocenters. The van der Waals surface area contributed by atoms with E-state index in [9.17, 15) is 4.79 Å². The SMILES string of the molecule is O=C(Nc1nc(-c2cc3ccccc3o2)cs1)c1nc2ccccc2s1. The molecule has 0 unspecified atom stereocenters. The van der Waals surface area contributed by atoms with Crippen LogP contribution in [-0.4, -0.2) is 15.9 Å². The number of anilines is 1. The van der Waals surface area contributed by atoms with Crippen LogP contribution < -0.4 is 5.32 Å². The number of para-hydroxylation sites is 2. The van der Waals surface area contributed by atoms with E-state index in [0.717, 1.165) is 21.2 Å². The number of hydrogen-bond acceptors (Lipinski definition) is 6. The smallest absolute Gasteiger partial charge is 0.286 e. The number of furan rings is 1. The highest BCUT2D eigenvalue weighted by Crippen LogP contribution is 2.30. The summed E-state index contributed by atoms with van der Waals surface area (Å²) in [4.78, 5) is 21.3. The number of carbonyl (C=O) groups excluding carboxylic acids is 1. The van der Waals surface area contributed by atoms with Crippen molar-refractivity contribution in [1.82, 2.24) is 9.97 Å². The van der Waals surface area contributed by atoms with E-state index in [1.807, 2.05) is 60.0 Å². The van der Waals surface area contributed by atoms with E-state index in [4.69, 9.17) is 4.42 Å². The molecule has 3 aromatic heterocycles. The van der Waals surface area contributed by atoms with Crippen LogP contribution in [-0.2, 0) is 0 Å². The van der Waals surface area contributed by atoms with Crippen LogP contribution in [0, 0.1) is 0 Å². The van der Waals surface area contributed by atoms with Crippen LogP contribution in [0.1, 0.15) is 9.80 Å². The molecule has 0 aliphatic rings. The van der Waals surface area contributed by atoms with Gasteiger partial charge in [0.25, 0.3) is 5.91 Å². The fraction of sp³-hybridized carbons (Fsp3) is 0. The Hall–Kier alpha value is -3.03. The summed E-state index contributed by atoms with van der Waals surface area (Å²) in [5, 5.41) is 6.65.